The molecule has 1 unspecified atom stereocenters. The highest BCUT2D eigenvalue weighted by Gasteiger charge is 2.29. The highest BCUT2D eigenvalue weighted by atomic mass is 16.2. The molecule has 1 atom stereocenters. The zero-order chi connectivity index (χ0) is 16.7. The minimum Gasteiger partial charge on any atom is -0.353 e. The van der Waals surface area contributed by atoms with Crippen LogP contribution in [0.3, 0.4) is 0 Å². The number of hydrogen-bond acceptors (Lipinski definition) is 4. The van der Waals surface area contributed by atoms with Crippen molar-refractivity contribution in [2.45, 2.75) is 13.0 Å². The van der Waals surface area contributed by atoms with Gasteiger partial charge in [-0.05, 0) is 26.2 Å². The van der Waals surface area contributed by atoms with E-state index in [0.29, 0.717) is 6.54 Å². The number of rotatable bonds is 7. The molecule has 1 aromatic rings. The number of piperazine rings is 1. The number of nitrogens with zero attached hydrogens (tertiary/aromatic N) is 3. The Morgan fingerprint density at radius 1 is 1.22 bits per heavy atom. The zero-order valence-corrected chi connectivity index (χ0v) is 14.7. The second kappa shape index (κ2) is 9.01. The van der Waals surface area contributed by atoms with E-state index in [1.807, 2.05) is 18.2 Å². The fourth-order valence-corrected chi connectivity index (χ4v) is 2.87. The molecular formula is C18H30N4O. The third-order valence-electron chi connectivity index (χ3n) is 4.60. The molecule has 2 rings (SSSR count). The average Bonchev–Trinajstić information content (AvgIpc) is 2.57. The zero-order valence-electron chi connectivity index (χ0n) is 14.7. The van der Waals surface area contributed by atoms with Crippen LogP contribution in [-0.4, -0.2) is 80.5 Å². The van der Waals surface area contributed by atoms with Crippen LogP contribution >= 0.6 is 0 Å². The van der Waals surface area contributed by atoms with Crippen LogP contribution in [0.1, 0.15) is 18.5 Å². The molecule has 0 aromatic heterocycles. The molecule has 0 aliphatic carbocycles. The molecule has 1 aliphatic heterocycles. The van der Waals surface area contributed by atoms with Gasteiger partial charge in [0.25, 0.3) is 0 Å². The van der Waals surface area contributed by atoms with Crippen molar-refractivity contribution in [1.82, 2.24) is 20.0 Å². The topological polar surface area (TPSA) is 38.8 Å². The van der Waals surface area contributed by atoms with Crippen LogP contribution in [0.2, 0.25) is 0 Å². The lowest BCUT2D eigenvalue weighted by atomic mass is 10.0. The van der Waals surface area contributed by atoms with Gasteiger partial charge in [-0.2, -0.15) is 0 Å². The third-order valence-corrected chi connectivity index (χ3v) is 4.60. The van der Waals surface area contributed by atoms with Crippen LogP contribution in [0.4, 0.5) is 0 Å². The van der Waals surface area contributed by atoms with Gasteiger partial charge in [0.2, 0.25) is 5.91 Å². The Bertz CT molecular complexity index is 471. The first-order chi connectivity index (χ1) is 11.1. The lowest BCUT2D eigenvalue weighted by Crippen LogP contribution is -2.50. The second-order valence-corrected chi connectivity index (χ2v) is 6.34. The van der Waals surface area contributed by atoms with Crippen molar-refractivity contribution in [2.24, 2.45) is 0 Å². The van der Waals surface area contributed by atoms with Crippen LogP contribution in [0.25, 0.3) is 0 Å². The molecule has 1 saturated heterocycles. The highest BCUT2D eigenvalue weighted by Crippen LogP contribution is 2.22. The summed E-state index contributed by atoms with van der Waals surface area (Å²) in [4.78, 5) is 19.6. The maximum absolute atomic E-state index is 12.8. The van der Waals surface area contributed by atoms with E-state index in [-0.39, 0.29) is 11.9 Å². The Balaban J connectivity index is 2.03. The van der Waals surface area contributed by atoms with Crippen LogP contribution in [-0.2, 0) is 4.79 Å². The summed E-state index contributed by atoms with van der Waals surface area (Å²) in [6.07, 6.45) is 0. The molecule has 1 aliphatic rings. The average molecular weight is 318 g/mol. The van der Waals surface area contributed by atoms with Crippen LogP contribution < -0.4 is 5.32 Å². The van der Waals surface area contributed by atoms with Crippen molar-refractivity contribution >= 4 is 5.91 Å². The molecule has 23 heavy (non-hydrogen) atoms. The highest BCUT2D eigenvalue weighted by molar-refractivity contribution is 5.83. The van der Waals surface area contributed by atoms with Crippen LogP contribution in [0.15, 0.2) is 30.3 Å². The fraction of sp³-hybridized carbons (Fsp3) is 0.611. The SMILES string of the molecule is CCN(C)CCNC(=O)C(c1ccccc1)N1CCN(C)CC1. The Labute approximate surface area is 140 Å². The maximum atomic E-state index is 12.8. The van der Waals surface area contributed by atoms with Gasteiger partial charge in [0.15, 0.2) is 0 Å². The lowest BCUT2D eigenvalue weighted by Gasteiger charge is -2.37. The summed E-state index contributed by atoms with van der Waals surface area (Å²) >= 11 is 0. The van der Waals surface area contributed by atoms with Gasteiger partial charge in [0.1, 0.15) is 6.04 Å². The van der Waals surface area contributed by atoms with Crippen molar-refractivity contribution in [3.05, 3.63) is 35.9 Å². The molecule has 5 heteroatoms. The summed E-state index contributed by atoms with van der Waals surface area (Å²) in [7, 11) is 4.21. The summed E-state index contributed by atoms with van der Waals surface area (Å²) < 4.78 is 0. The predicted octanol–water partition coefficient (Wildman–Crippen LogP) is 1.04. The number of benzene rings is 1. The predicted molar refractivity (Wildman–Crippen MR) is 94.4 cm³/mol. The standard InChI is InChI=1S/C18H30N4O/c1-4-20(2)11-10-19-18(23)17(16-8-6-5-7-9-16)22-14-12-21(3)13-15-22/h5-9,17H,4,10-15H2,1-3H3,(H,19,23). The summed E-state index contributed by atoms with van der Waals surface area (Å²) in [6.45, 7) is 8.57. The first-order valence-electron chi connectivity index (χ1n) is 8.55. The number of likely N-dealkylation sites (N-methyl/N-ethyl adjacent to an activating group) is 2. The van der Waals surface area contributed by atoms with Crippen molar-refractivity contribution in [2.75, 3.05) is 59.9 Å². The van der Waals surface area contributed by atoms with Crippen molar-refractivity contribution < 1.29 is 4.79 Å². The first-order valence-corrected chi connectivity index (χ1v) is 8.55. The Morgan fingerprint density at radius 3 is 2.48 bits per heavy atom. The van der Waals surface area contributed by atoms with E-state index in [4.69, 9.17) is 0 Å². The number of carbonyl (C=O) groups is 1. The van der Waals surface area contributed by atoms with E-state index in [1.165, 1.54) is 0 Å². The second-order valence-electron chi connectivity index (χ2n) is 6.34. The molecule has 0 saturated carbocycles. The van der Waals surface area contributed by atoms with Crippen molar-refractivity contribution in [1.29, 1.82) is 0 Å². The summed E-state index contributed by atoms with van der Waals surface area (Å²) in [5.41, 5.74) is 1.08. The van der Waals surface area contributed by atoms with Gasteiger partial charge in [0, 0.05) is 39.3 Å². The normalized spacial score (nSPS) is 18.1. The van der Waals surface area contributed by atoms with E-state index in [0.717, 1.165) is 44.8 Å². The van der Waals surface area contributed by atoms with Gasteiger partial charge >= 0.3 is 0 Å². The molecule has 0 radical (unpaired) electrons. The smallest absolute Gasteiger partial charge is 0.242 e. The van der Waals surface area contributed by atoms with Crippen LogP contribution in [0.5, 0.6) is 0 Å². The van der Waals surface area contributed by atoms with Crippen molar-refractivity contribution in [3.8, 4) is 0 Å². The maximum Gasteiger partial charge on any atom is 0.242 e. The summed E-state index contributed by atoms with van der Waals surface area (Å²) in [5, 5.41) is 3.12. The van der Waals surface area contributed by atoms with E-state index >= 15 is 0 Å². The summed E-state index contributed by atoms with van der Waals surface area (Å²) in [6, 6.07) is 9.95. The van der Waals surface area contributed by atoms with Gasteiger partial charge in [-0.3, -0.25) is 9.69 Å². The van der Waals surface area contributed by atoms with Gasteiger partial charge in [-0.25, -0.2) is 0 Å². The molecule has 1 fully saturated rings. The Kier molecular flexibility index (Phi) is 7.02. The molecule has 5 nitrogen and oxygen atoms in total. The lowest BCUT2D eigenvalue weighted by molar-refractivity contribution is -0.127. The minimum atomic E-state index is -0.183. The fourth-order valence-electron chi connectivity index (χ4n) is 2.87. The van der Waals surface area contributed by atoms with Gasteiger partial charge in [-0.15, -0.1) is 0 Å². The summed E-state index contributed by atoms with van der Waals surface area (Å²) in [5.74, 6) is 0.116. The largest absolute Gasteiger partial charge is 0.353 e. The van der Waals surface area contributed by atoms with Crippen LogP contribution in [0, 0.1) is 0 Å². The van der Waals surface area contributed by atoms with E-state index < -0.39 is 0 Å². The molecular weight excluding hydrogens is 288 g/mol. The molecule has 128 valence electrons. The minimum absolute atomic E-state index is 0.116. The molecule has 0 bridgehead atoms. The number of carbonyl (C=O) groups excluding carboxylic acids is 1. The third kappa shape index (κ3) is 5.30. The molecule has 1 heterocycles. The van der Waals surface area contributed by atoms with E-state index in [9.17, 15) is 4.79 Å². The molecule has 1 amide bonds. The Morgan fingerprint density at radius 2 is 1.87 bits per heavy atom. The van der Waals surface area contributed by atoms with E-state index in [2.05, 4.69) is 53.2 Å². The molecule has 0 spiro atoms. The van der Waals surface area contributed by atoms with Gasteiger partial charge in [0.05, 0.1) is 0 Å². The van der Waals surface area contributed by atoms with E-state index in [1.54, 1.807) is 0 Å². The van der Waals surface area contributed by atoms with Crippen molar-refractivity contribution in [3.63, 3.8) is 0 Å². The first kappa shape index (κ1) is 17.9. The van der Waals surface area contributed by atoms with Gasteiger partial charge in [-0.1, -0.05) is 37.3 Å². The molecule has 1 N–H and O–H groups in total. The van der Waals surface area contributed by atoms with Gasteiger partial charge < -0.3 is 15.1 Å². The number of amides is 1. The number of nitrogens with one attached hydrogen (secondary N) is 1. The quantitative estimate of drug-likeness (QED) is 0.815. The monoisotopic (exact) mass is 318 g/mol. The Hall–Kier alpha value is -1.43. The molecule has 1 aromatic carbocycles. The number of hydrogen-bond donors (Lipinski definition) is 1.